The summed E-state index contributed by atoms with van der Waals surface area (Å²) in [6.45, 7) is 0. The van der Waals surface area contributed by atoms with E-state index < -0.39 is 0 Å². The fourth-order valence-corrected chi connectivity index (χ4v) is 2.85. The standard InChI is InChI=1S/C18H18O2/c1-3-7-13(8-4-1)16-17(14-9-5-2-6-10-14)20-18(19-16)15-11-12-15/h1-10,15-18H,11-12H2/t16-,17-/m1/s1. The van der Waals surface area contributed by atoms with E-state index >= 15 is 0 Å². The molecule has 1 heterocycles. The van der Waals surface area contributed by atoms with Crippen LogP contribution in [0.5, 0.6) is 0 Å². The average molecular weight is 266 g/mol. The van der Waals surface area contributed by atoms with E-state index in [4.69, 9.17) is 9.47 Å². The van der Waals surface area contributed by atoms with Gasteiger partial charge < -0.3 is 9.47 Å². The molecule has 0 unspecified atom stereocenters. The highest BCUT2D eigenvalue weighted by molar-refractivity contribution is 5.26. The van der Waals surface area contributed by atoms with Gasteiger partial charge in [0.15, 0.2) is 6.29 Å². The molecule has 20 heavy (non-hydrogen) atoms. The van der Waals surface area contributed by atoms with Gasteiger partial charge in [-0.3, -0.25) is 0 Å². The Kier molecular flexibility index (Phi) is 3.06. The van der Waals surface area contributed by atoms with Gasteiger partial charge in [0.1, 0.15) is 12.2 Å². The average Bonchev–Trinajstić information content (AvgIpc) is 3.28. The summed E-state index contributed by atoms with van der Waals surface area (Å²) in [5.74, 6) is 0.593. The smallest absolute Gasteiger partial charge is 0.162 e. The van der Waals surface area contributed by atoms with E-state index in [0.717, 1.165) is 0 Å². The monoisotopic (exact) mass is 266 g/mol. The molecule has 2 fully saturated rings. The van der Waals surface area contributed by atoms with Gasteiger partial charge >= 0.3 is 0 Å². The van der Waals surface area contributed by atoms with Crippen molar-refractivity contribution in [2.45, 2.75) is 31.3 Å². The van der Waals surface area contributed by atoms with Crippen LogP contribution < -0.4 is 0 Å². The normalized spacial score (nSPS) is 26.8. The van der Waals surface area contributed by atoms with Gasteiger partial charge in [-0.15, -0.1) is 0 Å². The Morgan fingerprint density at radius 2 is 1.10 bits per heavy atom. The molecular formula is C18H18O2. The van der Waals surface area contributed by atoms with Crippen molar-refractivity contribution >= 4 is 0 Å². The highest BCUT2D eigenvalue weighted by Crippen LogP contribution is 2.49. The predicted molar refractivity (Wildman–Crippen MR) is 77.0 cm³/mol. The predicted octanol–water partition coefficient (Wildman–Crippen LogP) is 4.25. The van der Waals surface area contributed by atoms with Crippen LogP contribution in [0, 0.1) is 5.92 Å². The van der Waals surface area contributed by atoms with Crippen LogP contribution in [-0.2, 0) is 9.47 Å². The highest BCUT2D eigenvalue weighted by Gasteiger charge is 2.45. The van der Waals surface area contributed by atoms with Crippen molar-refractivity contribution in [3.63, 3.8) is 0 Å². The van der Waals surface area contributed by atoms with Crippen LogP contribution in [0.4, 0.5) is 0 Å². The summed E-state index contributed by atoms with van der Waals surface area (Å²) in [6, 6.07) is 20.8. The van der Waals surface area contributed by atoms with Crippen LogP contribution in [0.1, 0.15) is 36.2 Å². The van der Waals surface area contributed by atoms with Gasteiger partial charge in [-0.25, -0.2) is 0 Å². The van der Waals surface area contributed by atoms with Gasteiger partial charge in [0.25, 0.3) is 0 Å². The first-order valence-corrected chi connectivity index (χ1v) is 7.32. The molecular weight excluding hydrogens is 248 g/mol. The van der Waals surface area contributed by atoms with E-state index in [1.54, 1.807) is 0 Å². The van der Waals surface area contributed by atoms with Crippen molar-refractivity contribution in [2.75, 3.05) is 0 Å². The Morgan fingerprint density at radius 3 is 1.50 bits per heavy atom. The summed E-state index contributed by atoms with van der Waals surface area (Å²) < 4.78 is 12.4. The van der Waals surface area contributed by atoms with E-state index in [0.29, 0.717) is 5.92 Å². The van der Waals surface area contributed by atoms with Crippen LogP contribution in [0.3, 0.4) is 0 Å². The summed E-state index contributed by atoms with van der Waals surface area (Å²) in [4.78, 5) is 0. The lowest BCUT2D eigenvalue weighted by molar-refractivity contribution is -0.0813. The third-order valence-electron chi connectivity index (χ3n) is 4.10. The molecule has 102 valence electrons. The first-order chi connectivity index (χ1) is 9.92. The molecule has 1 saturated heterocycles. The van der Waals surface area contributed by atoms with Crippen molar-refractivity contribution in [2.24, 2.45) is 5.92 Å². The first-order valence-electron chi connectivity index (χ1n) is 7.32. The summed E-state index contributed by atoms with van der Waals surface area (Å²) in [7, 11) is 0. The Bertz CT molecular complexity index is 515. The molecule has 2 aromatic rings. The van der Waals surface area contributed by atoms with Crippen LogP contribution in [0.2, 0.25) is 0 Å². The molecule has 1 saturated carbocycles. The van der Waals surface area contributed by atoms with Crippen molar-refractivity contribution in [1.29, 1.82) is 0 Å². The number of benzene rings is 2. The lowest BCUT2D eigenvalue weighted by atomic mass is 9.99. The Morgan fingerprint density at radius 1 is 0.650 bits per heavy atom. The molecule has 1 aliphatic carbocycles. The van der Waals surface area contributed by atoms with Crippen LogP contribution >= 0.6 is 0 Å². The second-order valence-corrected chi connectivity index (χ2v) is 5.64. The van der Waals surface area contributed by atoms with Gasteiger partial charge in [-0.1, -0.05) is 60.7 Å². The summed E-state index contributed by atoms with van der Waals surface area (Å²) in [6.07, 6.45) is 2.43. The minimum atomic E-state index is -0.0367. The molecule has 4 rings (SSSR count). The topological polar surface area (TPSA) is 18.5 Å². The van der Waals surface area contributed by atoms with Crippen molar-refractivity contribution < 1.29 is 9.47 Å². The molecule has 0 amide bonds. The second kappa shape index (κ2) is 5.04. The fraction of sp³-hybridized carbons (Fsp3) is 0.333. The van der Waals surface area contributed by atoms with E-state index in [-0.39, 0.29) is 18.5 Å². The van der Waals surface area contributed by atoms with E-state index in [1.807, 2.05) is 12.1 Å². The molecule has 0 radical (unpaired) electrons. The largest absolute Gasteiger partial charge is 0.341 e. The van der Waals surface area contributed by atoms with Gasteiger partial charge in [0.2, 0.25) is 0 Å². The molecule has 2 atom stereocenters. The summed E-state index contributed by atoms with van der Waals surface area (Å²) in [5, 5.41) is 0. The third-order valence-corrected chi connectivity index (χ3v) is 4.10. The molecule has 0 bridgehead atoms. The van der Waals surface area contributed by atoms with Crippen molar-refractivity contribution in [1.82, 2.24) is 0 Å². The third kappa shape index (κ3) is 2.26. The number of rotatable bonds is 3. The maximum absolute atomic E-state index is 6.22. The summed E-state index contributed by atoms with van der Waals surface area (Å²) in [5.41, 5.74) is 2.40. The Labute approximate surface area is 119 Å². The van der Waals surface area contributed by atoms with E-state index in [2.05, 4.69) is 48.5 Å². The van der Waals surface area contributed by atoms with Gasteiger partial charge in [0, 0.05) is 5.92 Å². The van der Waals surface area contributed by atoms with Crippen molar-refractivity contribution in [3.05, 3.63) is 71.8 Å². The minimum absolute atomic E-state index is 0.00389. The molecule has 2 aromatic carbocycles. The summed E-state index contributed by atoms with van der Waals surface area (Å²) >= 11 is 0. The number of hydrogen-bond donors (Lipinski definition) is 0. The van der Waals surface area contributed by atoms with Gasteiger partial charge in [-0.05, 0) is 24.0 Å². The maximum Gasteiger partial charge on any atom is 0.162 e. The number of ether oxygens (including phenoxy) is 2. The molecule has 0 N–H and O–H groups in total. The van der Waals surface area contributed by atoms with Crippen LogP contribution in [-0.4, -0.2) is 6.29 Å². The molecule has 0 aromatic heterocycles. The van der Waals surface area contributed by atoms with E-state index in [1.165, 1.54) is 24.0 Å². The molecule has 2 aliphatic rings. The number of hydrogen-bond acceptors (Lipinski definition) is 2. The molecule has 2 heteroatoms. The molecule has 0 spiro atoms. The van der Waals surface area contributed by atoms with Crippen LogP contribution in [0.15, 0.2) is 60.7 Å². The van der Waals surface area contributed by atoms with Crippen molar-refractivity contribution in [3.8, 4) is 0 Å². The zero-order valence-electron chi connectivity index (χ0n) is 11.3. The van der Waals surface area contributed by atoms with Crippen LogP contribution in [0.25, 0.3) is 0 Å². The Balaban J connectivity index is 1.66. The first kappa shape index (κ1) is 12.1. The lowest BCUT2D eigenvalue weighted by Crippen LogP contribution is -2.10. The minimum Gasteiger partial charge on any atom is -0.341 e. The lowest BCUT2D eigenvalue weighted by Gasteiger charge is -2.17. The Hall–Kier alpha value is -1.64. The zero-order chi connectivity index (χ0) is 13.4. The van der Waals surface area contributed by atoms with Gasteiger partial charge in [0.05, 0.1) is 0 Å². The van der Waals surface area contributed by atoms with Gasteiger partial charge in [-0.2, -0.15) is 0 Å². The second-order valence-electron chi connectivity index (χ2n) is 5.64. The quantitative estimate of drug-likeness (QED) is 0.826. The molecule has 1 aliphatic heterocycles. The van der Waals surface area contributed by atoms with E-state index in [9.17, 15) is 0 Å². The zero-order valence-corrected chi connectivity index (χ0v) is 11.3. The maximum atomic E-state index is 6.22. The SMILES string of the molecule is c1ccc([C@H]2OC(C3CC3)O[C@@H]2c2ccccc2)cc1. The highest BCUT2D eigenvalue weighted by atomic mass is 16.7. The molecule has 2 nitrogen and oxygen atoms in total. The fourth-order valence-electron chi connectivity index (χ4n) is 2.85.